The molecule has 0 spiro atoms. The number of nitrogens with one attached hydrogen (secondary N) is 1. The van der Waals surface area contributed by atoms with Crippen molar-refractivity contribution >= 4 is 15.9 Å². The standard InChI is InChI=1S/C15H23BrFNO2/c1-3-18-14(6-7-20-9-8-19-2)10-12-4-5-13(17)11-15(12)16/h4-5,11,14,18H,3,6-10H2,1-2H3. The molecule has 5 heteroatoms. The minimum absolute atomic E-state index is 0.219. The molecule has 0 radical (unpaired) electrons. The molecular weight excluding hydrogens is 325 g/mol. The fourth-order valence-electron chi connectivity index (χ4n) is 1.99. The lowest BCUT2D eigenvalue weighted by Crippen LogP contribution is -2.32. The van der Waals surface area contributed by atoms with Crippen LogP contribution in [0.15, 0.2) is 22.7 Å². The van der Waals surface area contributed by atoms with Gasteiger partial charge in [0.2, 0.25) is 0 Å². The molecule has 0 fully saturated rings. The molecule has 0 aliphatic heterocycles. The van der Waals surface area contributed by atoms with Crippen LogP contribution in [0.3, 0.4) is 0 Å². The molecule has 20 heavy (non-hydrogen) atoms. The molecule has 114 valence electrons. The summed E-state index contributed by atoms with van der Waals surface area (Å²) >= 11 is 3.41. The number of methoxy groups -OCH3 is 1. The van der Waals surface area contributed by atoms with Crippen molar-refractivity contribution in [1.82, 2.24) is 5.32 Å². The number of ether oxygens (including phenoxy) is 2. The Kier molecular flexibility index (Phi) is 9.02. The van der Waals surface area contributed by atoms with Crippen LogP contribution in [-0.4, -0.2) is 39.5 Å². The summed E-state index contributed by atoms with van der Waals surface area (Å²) in [5, 5.41) is 3.44. The smallest absolute Gasteiger partial charge is 0.124 e. The Morgan fingerprint density at radius 2 is 2.10 bits per heavy atom. The van der Waals surface area contributed by atoms with E-state index in [-0.39, 0.29) is 5.82 Å². The lowest BCUT2D eigenvalue weighted by molar-refractivity contribution is 0.0659. The zero-order chi connectivity index (χ0) is 14.8. The Morgan fingerprint density at radius 3 is 2.75 bits per heavy atom. The molecule has 1 aromatic rings. The summed E-state index contributed by atoms with van der Waals surface area (Å²) in [6, 6.07) is 5.16. The molecule has 1 aromatic carbocycles. The molecule has 1 unspecified atom stereocenters. The predicted octanol–water partition coefficient (Wildman–Crippen LogP) is 3.16. The van der Waals surface area contributed by atoms with Crippen LogP contribution in [0, 0.1) is 5.82 Å². The van der Waals surface area contributed by atoms with Gasteiger partial charge in [0.05, 0.1) is 13.2 Å². The van der Waals surface area contributed by atoms with Gasteiger partial charge >= 0.3 is 0 Å². The molecule has 0 saturated carbocycles. The third-order valence-corrected chi connectivity index (χ3v) is 3.75. The molecule has 0 aliphatic rings. The minimum Gasteiger partial charge on any atom is -0.382 e. The molecule has 0 bridgehead atoms. The number of rotatable bonds is 10. The lowest BCUT2D eigenvalue weighted by Gasteiger charge is -2.18. The topological polar surface area (TPSA) is 30.5 Å². The summed E-state index contributed by atoms with van der Waals surface area (Å²) in [7, 11) is 1.66. The van der Waals surface area contributed by atoms with E-state index in [4.69, 9.17) is 9.47 Å². The van der Waals surface area contributed by atoms with Crippen molar-refractivity contribution in [3.05, 3.63) is 34.1 Å². The summed E-state index contributed by atoms with van der Waals surface area (Å²) in [4.78, 5) is 0. The summed E-state index contributed by atoms with van der Waals surface area (Å²) in [6.07, 6.45) is 1.77. The molecule has 0 aliphatic carbocycles. The molecule has 1 rings (SSSR count). The zero-order valence-corrected chi connectivity index (χ0v) is 13.7. The number of halogens is 2. The lowest BCUT2D eigenvalue weighted by atomic mass is 10.0. The maximum absolute atomic E-state index is 13.1. The summed E-state index contributed by atoms with van der Waals surface area (Å²) in [6.45, 7) is 4.92. The zero-order valence-electron chi connectivity index (χ0n) is 12.1. The van der Waals surface area contributed by atoms with E-state index in [0.29, 0.717) is 25.9 Å². The third-order valence-electron chi connectivity index (χ3n) is 3.02. The van der Waals surface area contributed by atoms with E-state index in [2.05, 4.69) is 28.2 Å². The Labute approximate surface area is 129 Å². The number of benzene rings is 1. The third kappa shape index (κ3) is 6.79. The normalized spacial score (nSPS) is 12.6. The Bertz CT molecular complexity index is 390. The van der Waals surface area contributed by atoms with E-state index in [1.165, 1.54) is 12.1 Å². The van der Waals surface area contributed by atoms with Gasteiger partial charge in [-0.3, -0.25) is 0 Å². The molecule has 0 amide bonds. The minimum atomic E-state index is -0.219. The highest BCUT2D eigenvalue weighted by Crippen LogP contribution is 2.20. The number of likely N-dealkylation sites (N-methyl/N-ethyl adjacent to an activating group) is 1. The fourth-order valence-corrected chi connectivity index (χ4v) is 2.50. The average Bonchev–Trinajstić information content (AvgIpc) is 2.41. The maximum Gasteiger partial charge on any atom is 0.124 e. The van der Waals surface area contributed by atoms with Gasteiger partial charge in [-0.2, -0.15) is 0 Å². The monoisotopic (exact) mass is 347 g/mol. The van der Waals surface area contributed by atoms with Crippen molar-refractivity contribution in [3.8, 4) is 0 Å². The number of hydrogen-bond donors (Lipinski definition) is 1. The van der Waals surface area contributed by atoms with Crippen molar-refractivity contribution < 1.29 is 13.9 Å². The van der Waals surface area contributed by atoms with Gasteiger partial charge in [-0.1, -0.05) is 28.9 Å². The van der Waals surface area contributed by atoms with Crippen LogP contribution >= 0.6 is 15.9 Å². The van der Waals surface area contributed by atoms with Gasteiger partial charge < -0.3 is 14.8 Å². The highest BCUT2D eigenvalue weighted by molar-refractivity contribution is 9.10. The van der Waals surface area contributed by atoms with E-state index in [0.717, 1.165) is 29.4 Å². The van der Waals surface area contributed by atoms with Crippen molar-refractivity contribution in [2.24, 2.45) is 0 Å². The Morgan fingerprint density at radius 1 is 1.30 bits per heavy atom. The Hall–Kier alpha value is -0.490. The second-order valence-electron chi connectivity index (χ2n) is 4.59. The molecule has 3 nitrogen and oxygen atoms in total. The van der Waals surface area contributed by atoms with Gasteiger partial charge in [0.15, 0.2) is 0 Å². The fraction of sp³-hybridized carbons (Fsp3) is 0.600. The predicted molar refractivity (Wildman–Crippen MR) is 82.6 cm³/mol. The summed E-state index contributed by atoms with van der Waals surface area (Å²) < 4.78 is 24.3. The van der Waals surface area contributed by atoms with Gasteiger partial charge in [-0.25, -0.2) is 4.39 Å². The van der Waals surface area contributed by atoms with Gasteiger partial charge in [0, 0.05) is 24.2 Å². The first-order valence-electron chi connectivity index (χ1n) is 6.91. The van der Waals surface area contributed by atoms with Crippen LogP contribution in [-0.2, 0) is 15.9 Å². The second kappa shape index (κ2) is 10.3. The van der Waals surface area contributed by atoms with Crippen LogP contribution in [0.25, 0.3) is 0 Å². The van der Waals surface area contributed by atoms with Crippen molar-refractivity contribution in [3.63, 3.8) is 0 Å². The van der Waals surface area contributed by atoms with E-state index >= 15 is 0 Å². The molecule has 0 heterocycles. The van der Waals surface area contributed by atoms with Crippen LogP contribution in [0.4, 0.5) is 4.39 Å². The van der Waals surface area contributed by atoms with Gasteiger partial charge in [0.25, 0.3) is 0 Å². The first-order chi connectivity index (χ1) is 9.67. The first kappa shape index (κ1) is 17.6. The largest absolute Gasteiger partial charge is 0.382 e. The summed E-state index contributed by atoms with van der Waals surface area (Å²) in [5.74, 6) is -0.219. The van der Waals surface area contributed by atoms with Crippen LogP contribution in [0.2, 0.25) is 0 Å². The van der Waals surface area contributed by atoms with Gasteiger partial charge in [0.1, 0.15) is 5.82 Å². The average molecular weight is 348 g/mol. The molecular formula is C15H23BrFNO2. The molecule has 1 N–H and O–H groups in total. The quantitative estimate of drug-likeness (QED) is 0.659. The highest BCUT2D eigenvalue weighted by Gasteiger charge is 2.11. The van der Waals surface area contributed by atoms with Crippen molar-refractivity contribution in [1.29, 1.82) is 0 Å². The van der Waals surface area contributed by atoms with Gasteiger partial charge in [-0.05, 0) is 37.1 Å². The molecule has 0 saturated heterocycles. The Balaban J connectivity index is 2.45. The van der Waals surface area contributed by atoms with E-state index in [1.807, 2.05) is 6.07 Å². The van der Waals surface area contributed by atoms with E-state index in [9.17, 15) is 4.39 Å². The van der Waals surface area contributed by atoms with E-state index < -0.39 is 0 Å². The highest BCUT2D eigenvalue weighted by atomic mass is 79.9. The molecule has 1 atom stereocenters. The van der Waals surface area contributed by atoms with Crippen LogP contribution in [0.1, 0.15) is 18.9 Å². The van der Waals surface area contributed by atoms with Crippen LogP contribution in [0.5, 0.6) is 0 Å². The maximum atomic E-state index is 13.1. The van der Waals surface area contributed by atoms with E-state index in [1.54, 1.807) is 7.11 Å². The first-order valence-corrected chi connectivity index (χ1v) is 7.70. The molecule has 0 aromatic heterocycles. The second-order valence-corrected chi connectivity index (χ2v) is 5.44. The van der Waals surface area contributed by atoms with Gasteiger partial charge in [-0.15, -0.1) is 0 Å². The summed E-state index contributed by atoms with van der Waals surface area (Å²) in [5.41, 5.74) is 1.11. The van der Waals surface area contributed by atoms with Crippen LogP contribution < -0.4 is 5.32 Å². The SMILES string of the molecule is CCNC(CCOCCOC)Cc1ccc(F)cc1Br. The van der Waals surface area contributed by atoms with Crippen molar-refractivity contribution in [2.75, 3.05) is 33.5 Å². The van der Waals surface area contributed by atoms with Crippen molar-refractivity contribution in [2.45, 2.75) is 25.8 Å². The number of hydrogen-bond acceptors (Lipinski definition) is 3.